The molecule has 3 rings (SSSR count). The number of anilines is 1. The van der Waals surface area contributed by atoms with E-state index < -0.39 is 35.6 Å². The van der Waals surface area contributed by atoms with Gasteiger partial charge in [0.2, 0.25) is 11.8 Å². The number of fused-ring (bicyclic) bond motifs is 1. The monoisotopic (exact) mass is 474 g/mol. The fourth-order valence-corrected chi connectivity index (χ4v) is 3.61. The van der Waals surface area contributed by atoms with Gasteiger partial charge in [-0.2, -0.15) is 0 Å². The maximum atomic E-state index is 13.1. The highest BCUT2D eigenvalue weighted by molar-refractivity contribution is 6.25. The molecule has 2 aliphatic heterocycles. The Morgan fingerprint density at radius 2 is 2.03 bits per heavy atom. The van der Waals surface area contributed by atoms with Crippen LogP contribution in [-0.2, 0) is 19.1 Å². The summed E-state index contributed by atoms with van der Waals surface area (Å²) in [6.07, 6.45) is 1.47. The molecule has 34 heavy (non-hydrogen) atoms. The molecule has 1 unspecified atom stereocenters. The molecule has 0 bridgehead atoms. The number of carbonyl (C=O) groups is 5. The van der Waals surface area contributed by atoms with Crippen LogP contribution in [-0.4, -0.2) is 77.0 Å². The number of nitrogens with one attached hydrogen (secondary N) is 2. The van der Waals surface area contributed by atoms with Crippen LogP contribution in [0.4, 0.5) is 5.69 Å². The number of carboxylic acids is 1. The minimum absolute atomic E-state index is 0.0381. The number of hydrogen-bond donors (Lipinski definition) is 5. The summed E-state index contributed by atoms with van der Waals surface area (Å²) in [7, 11) is 0. The lowest BCUT2D eigenvalue weighted by Gasteiger charge is -2.27. The molecule has 182 valence electrons. The van der Waals surface area contributed by atoms with E-state index in [0.717, 1.165) is 4.90 Å². The number of aliphatic carboxylic acids is 1. The fraction of sp³-hybridized carbons (Fsp3) is 0.381. The maximum Gasteiger partial charge on any atom is 0.305 e. The molecule has 0 spiro atoms. The Kier molecular flexibility index (Phi) is 7.81. The third-order valence-corrected chi connectivity index (χ3v) is 5.24. The summed E-state index contributed by atoms with van der Waals surface area (Å²) in [4.78, 5) is 60.9. The predicted molar refractivity (Wildman–Crippen MR) is 118 cm³/mol. The zero-order valence-corrected chi connectivity index (χ0v) is 18.3. The van der Waals surface area contributed by atoms with Crippen molar-refractivity contribution >= 4 is 35.3 Å². The fourth-order valence-electron chi connectivity index (χ4n) is 3.61. The van der Waals surface area contributed by atoms with Crippen LogP contribution in [0.3, 0.4) is 0 Å². The largest absolute Gasteiger partial charge is 0.481 e. The Morgan fingerprint density at radius 3 is 2.74 bits per heavy atom. The van der Waals surface area contributed by atoms with Crippen LogP contribution in [0.5, 0.6) is 0 Å². The first-order chi connectivity index (χ1) is 16.2. The Labute approximate surface area is 194 Å². The van der Waals surface area contributed by atoms with Crippen molar-refractivity contribution in [3.05, 3.63) is 41.2 Å². The Bertz CT molecular complexity index is 1040. The van der Waals surface area contributed by atoms with Gasteiger partial charge in [0, 0.05) is 24.0 Å². The normalized spacial score (nSPS) is 18.1. The van der Waals surface area contributed by atoms with Crippen LogP contribution < -0.4 is 22.2 Å². The average molecular weight is 474 g/mol. The van der Waals surface area contributed by atoms with Gasteiger partial charge in [0.25, 0.3) is 11.8 Å². The summed E-state index contributed by atoms with van der Waals surface area (Å²) < 4.78 is 5.16. The molecule has 13 heteroatoms. The van der Waals surface area contributed by atoms with E-state index >= 15 is 0 Å². The molecule has 1 atom stereocenters. The van der Waals surface area contributed by atoms with E-state index in [1.165, 1.54) is 17.3 Å². The van der Waals surface area contributed by atoms with Crippen LogP contribution in [0.2, 0.25) is 0 Å². The number of amides is 4. The minimum atomic E-state index is -1.05. The molecular formula is C21H26N6O7. The summed E-state index contributed by atoms with van der Waals surface area (Å²) >= 11 is 0. The number of nitrogens with two attached hydrogens (primary N) is 2. The lowest BCUT2D eigenvalue weighted by molar-refractivity contribution is -0.138. The Morgan fingerprint density at radius 1 is 1.26 bits per heavy atom. The van der Waals surface area contributed by atoms with Crippen molar-refractivity contribution in [3.8, 4) is 0 Å². The van der Waals surface area contributed by atoms with Gasteiger partial charge in [0.15, 0.2) is 0 Å². The number of nitrogens with zero attached hydrogens (tertiary/aromatic N) is 2. The lowest BCUT2D eigenvalue weighted by Crippen LogP contribution is -2.54. The standard InChI is InChI=1S/C21H26N6O7/c22-12(11-26(23)7-9-34-8-6-17(29)30)10-24-14-3-1-2-13-18(14)21(33)27(20(13)32)15-4-5-16(28)25-19(15)31/h1-3,11,15,24H,4-10,22-23H2,(H,29,30)(H,25,28,31)/b12-11-. The van der Waals surface area contributed by atoms with Crippen molar-refractivity contribution in [2.75, 3.05) is 31.6 Å². The van der Waals surface area contributed by atoms with Crippen molar-refractivity contribution in [2.45, 2.75) is 25.3 Å². The topological polar surface area (TPSA) is 197 Å². The van der Waals surface area contributed by atoms with Crippen LogP contribution in [0.25, 0.3) is 0 Å². The maximum absolute atomic E-state index is 13.1. The highest BCUT2D eigenvalue weighted by Crippen LogP contribution is 2.32. The van der Waals surface area contributed by atoms with Crippen LogP contribution >= 0.6 is 0 Å². The van der Waals surface area contributed by atoms with Gasteiger partial charge in [-0.25, -0.2) is 5.84 Å². The third-order valence-electron chi connectivity index (χ3n) is 5.24. The molecule has 1 saturated heterocycles. The summed E-state index contributed by atoms with van der Waals surface area (Å²) in [5.74, 6) is 2.53. The highest BCUT2D eigenvalue weighted by atomic mass is 16.5. The van der Waals surface area contributed by atoms with E-state index in [1.54, 1.807) is 12.1 Å². The summed E-state index contributed by atoms with van der Waals surface area (Å²) in [6.45, 7) is 0.657. The quantitative estimate of drug-likeness (QED) is 0.114. The third kappa shape index (κ3) is 5.68. The molecule has 1 fully saturated rings. The van der Waals surface area contributed by atoms with Crippen molar-refractivity contribution in [3.63, 3.8) is 0 Å². The Balaban J connectivity index is 1.61. The molecule has 0 saturated carbocycles. The molecule has 1 aromatic carbocycles. The number of hydrazine groups is 1. The van der Waals surface area contributed by atoms with Crippen molar-refractivity contribution in [2.24, 2.45) is 11.6 Å². The van der Waals surface area contributed by atoms with E-state index in [-0.39, 0.29) is 56.7 Å². The lowest BCUT2D eigenvalue weighted by atomic mass is 10.0. The molecule has 4 amide bonds. The second-order valence-electron chi connectivity index (χ2n) is 7.73. The van der Waals surface area contributed by atoms with Gasteiger partial charge in [-0.1, -0.05) is 6.07 Å². The van der Waals surface area contributed by atoms with Gasteiger partial charge in [-0.15, -0.1) is 0 Å². The van der Waals surface area contributed by atoms with Crippen LogP contribution in [0, 0.1) is 0 Å². The summed E-state index contributed by atoms with van der Waals surface area (Å²) in [6, 6.07) is 3.66. The van der Waals surface area contributed by atoms with Crippen molar-refractivity contribution < 1.29 is 33.8 Å². The zero-order chi connectivity index (χ0) is 24.8. The molecule has 0 radical (unpaired) electrons. The van der Waals surface area contributed by atoms with Crippen molar-refractivity contribution in [1.29, 1.82) is 0 Å². The van der Waals surface area contributed by atoms with Gasteiger partial charge in [0.05, 0.1) is 43.9 Å². The molecule has 13 nitrogen and oxygen atoms in total. The predicted octanol–water partition coefficient (Wildman–Crippen LogP) is -1.03. The van der Waals surface area contributed by atoms with E-state index in [1.807, 2.05) is 0 Å². The van der Waals surface area contributed by atoms with Crippen molar-refractivity contribution in [1.82, 2.24) is 15.2 Å². The van der Waals surface area contributed by atoms with Crippen LogP contribution in [0.15, 0.2) is 30.1 Å². The number of carboxylic acid groups (broad SMARTS) is 1. The summed E-state index contributed by atoms with van der Waals surface area (Å²) in [5, 5.41) is 15.0. The number of imide groups is 2. The van der Waals surface area contributed by atoms with Gasteiger partial charge >= 0.3 is 5.97 Å². The average Bonchev–Trinajstić information content (AvgIpc) is 3.03. The van der Waals surface area contributed by atoms with E-state index in [4.69, 9.17) is 21.4 Å². The van der Waals surface area contributed by atoms with E-state index in [9.17, 15) is 24.0 Å². The number of rotatable bonds is 11. The number of hydrogen-bond acceptors (Lipinski definition) is 10. The first kappa shape index (κ1) is 24.7. The number of carbonyl (C=O) groups excluding carboxylic acids is 4. The smallest absolute Gasteiger partial charge is 0.305 e. The minimum Gasteiger partial charge on any atom is -0.481 e. The molecule has 1 aromatic rings. The molecule has 0 aliphatic carbocycles. The molecular weight excluding hydrogens is 448 g/mol. The molecule has 7 N–H and O–H groups in total. The Hall–Kier alpha value is -3.97. The number of piperidine rings is 1. The first-order valence-corrected chi connectivity index (χ1v) is 10.5. The van der Waals surface area contributed by atoms with Gasteiger partial charge in [0.1, 0.15) is 6.04 Å². The second kappa shape index (κ2) is 10.8. The van der Waals surface area contributed by atoms with Gasteiger partial charge < -0.3 is 25.9 Å². The highest BCUT2D eigenvalue weighted by Gasteiger charge is 2.45. The molecule has 2 aliphatic rings. The van der Waals surface area contributed by atoms with E-state index in [0.29, 0.717) is 11.4 Å². The van der Waals surface area contributed by atoms with Gasteiger partial charge in [-0.05, 0) is 18.6 Å². The van der Waals surface area contributed by atoms with Crippen LogP contribution in [0.1, 0.15) is 40.0 Å². The van der Waals surface area contributed by atoms with E-state index in [2.05, 4.69) is 10.6 Å². The molecule has 0 aromatic heterocycles. The SMILES string of the molecule is N/C(=C\N(N)CCOCCC(=O)O)CNc1cccc2c1C(=O)N(C1CCC(=O)NC1=O)C2=O. The molecule has 2 heterocycles. The number of ether oxygens (including phenoxy) is 1. The van der Waals surface area contributed by atoms with Gasteiger partial charge in [-0.3, -0.25) is 34.2 Å². The first-order valence-electron chi connectivity index (χ1n) is 10.5. The second-order valence-corrected chi connectivity index (χ2v) is 7.73. The summed E-state index contributed by atoms with van der Waals surface area (Å²) in [5.41, 5.74) is 6.95. The zero-order valence-electron chi connectivity index (χ0n) is 18.3. The number of benzene rings is 1.